The van der Waals surface area contributed by atoms with Gasteiger partial charge in [0.1, 0.15) is 17.5 Å². The van der Waals surface area contributed by atoms with Crippen LogP contribution in [0.15, 0.2) is 60.7 Å². The molecule has 0 radical (unpaired) electrons. The van der Waals surface area contributed by atoms with Gasteiger partial charge < -0.3 is 20.4 Å². The second-order valence-corrected chi connectivity index (χ2v) is 7.37. The molecule has 1 unspecified atom stereocenters. The molecule has 1 saturated heterocycles. The monoisotopic (exact) mass is 376 g/mol. The first-order valence-corrected chi connectivity index (χ1v) is 9.93. The van der Waals surface area contributed by atoms with Crippen LogP contribution in [0.5, 0.6) is 0 Å². The highest BCUT2D eigenvalue weighted by atomic mass is 15.3. The number of pyridine rings is 2. The van der Waals surface area contributed by atoms with Gasteiger partial charge in [0.15, 0.2) is 0 Å². The van der Waals surface area contributed by atoms with Crippen molar-refractivity contribution in [3.05, 3.63) is 71.8 Å². The number of aryl methyl sites for hydroxylation is 1. The Labute approximate surface area is 167 Å². The highest BCUT2D eigenvalue weighted by Gasteiger charge is 2.21. The maximum absolute atomic E-state index is 4.64. The van der Waals surface area contributed by atoms with Gasteiger partial charge in [0.2, 0.25) is 0 Å². The van der Waals surface area contributed by atoms with Gasteiger partial charge in [-0.15, -0.1) is 0 Å². The summed E-state index contributed by atoms with van der Waals surface area (Å²) in [7, 11) is 2.11. The maximum atomic E-state index is 4.64. The summed E-state index contributed by atoms with van der Waals surface area (Å²) in [6.45, 7) is 6.21. The van der Waals surface area contributed by atoms with Gasteiger partial charge in [-0.1, -0.05) is 12.2 Å². The van der Waals surface area contributed by atoms with E-state index in [2.05, 4.69) is 80.8 Å². The number of hydrogen-bond acceptors (Lipinski definition) is 6. The summed E-state index contributed by atoms with van der Waals surface area (Å²) >= 11 is 0. The lowest BCUT2D eigenvalue weighted by molar-refractivity contribution is 0.359. The first kappa shape index (κ1) is 18.5. The molecule has 1 fully saturated rings. The molecular weight excluding hydrogens is 348 g/mol. The van der Waals surface area contributed by atoms with Crippen LogP contribution in [0.1, 0.15) is 23.6 Å². The number of aromatic nitrogens is 2. The molecule has 2 aliphatic heterocycles. The van der Waals surface area contributed by atoms with Crippen LogP contribution in [0, 0.1) is 6.92 Å². The van der Waals surface area contributed by atoms with Gasteiger partial charge in [0.25, 0.3) is 0 Å². The third kappa shape index (κ3) is 4.17. The SMILES string of the molecule is Cc1ccnc(NC2=CC=CC(c3ccnc(N4CCCNCC4)c3)N2C)c1. The third-order valence-corrected chi connectivity index (χ3v) is 5.29. The van der Waals surface area contributed by atoms with Crippen LogP contribution in [-0.2, 0) is 0 Å². The van der Waals surface area contributed by atoms with Crippen molar-refractivity contribution >= 4 is 11.6 Å². The number of rotatable bonds is 4. The van der Waals surface area contributed by atoms with Crippen molar-refractivity contribution in [2.45, 2.75) is 19.4 Å². The van der Waals surface area contributed by atoms with Crippen molar-refractivity contribution < 1.29 is 0 Å². The van der Waals surface area contributed by atoms with Crippen LogP contribution in [-0.4, -0.2) is 48.1 Å². The van der Waals surface area contributed by atoms with Gasteiger partial charge in [0, 0.05) is 39.1 Å². The Balaban J connectivity index is 1.52. The van der Waals surface area contributed by atoms with E-state index in [1.165, 1.54) is 11.1 Å². The predicted molar refractivity (Wildman–Crippen MR) is 114 cm³/mol. The fraction of sp³-hybridized carbons (Fsp3) is 0.364. The zero-order valence-electron chi connectivity index (χ0n) is 16.6. The smallest absolute Gasteiger partial charge is 0.131 e. The van der Waals surface area contributed by atoms with Crippen LogP contribution < -0.4 is 15.5 Å². The van der Waals surface area contributed by atoms with Crippen molar-refractivity contribution in [3.63, 3.8) is 0 Å². The Kier molecular flexibility index (Phi) is 5.58. The standard InChI is InChI=1S/C22H28N6/c1-17-7-10-24-20(15-17)26-21-6-3-5-19(27(21)2)18-8-11-25-22(16-18)28-13-4-9-23-12-14-28/h3,5-8,10-11,15-16,19,23H,4,9,12-14H2,1-2H3,(H,24,26). The van der Waals surface area contributed by atoms with Crippen LogP contribution in [0.2, 0.25) is 0 Å². The zero-order chi connectivity index (χ0) is 19.3. The molecule has 0 bridgehead atoms. The summed E-state index contributed by atoms with van der Waals surface area (Å²) in [6.07, 6.45) is 11.3. The normalized spacial score (nSPS) is 19.9. The van der Waals surface area contributed by atoms with Crippen molar-refractivity contribution in [2.24, 2.45) is 0 Å². The molecular formula is C22H28N6. The quantitative estimate of drug-likeness (QED) is 0.855. The minimum absolute atomic E-state index is 0.157. The van der Waals surface area contributed by atoms with Crippen LogP contribution in [0.4, 0.5) is 11.6 Å². The van der Waals surface area contributed by atoms with E-state index < -0.39 is 0 Å². The van der Waals surface area contributed by atoms with Gasteiger partial charge in [0.05, 0.1) is 6.04 Å². The van der Waals surface area contributed by atoms with Crippen LogP contribution in [0.3, 0.4) is 0 Å². The first-order chi connectivity index (χ1) is 13.7. The van der Waals surface area contributed by atoms with Gasteiger partial charge in [-0.3, -0.25) is 0 Å². The molecule has 0 aliphatic carbocycles. The number of nitrogens with one attached hydrogen (secondary N) is 2. The molecule has 6 nitrogen and oxygen atoms in total. The molecule has 4 rings (SSSR count). The summed E-state index contributed by atoms with van der Waals surface area (Å²) in [4.78, 5) is 13.7. The molecule has 0 aromatic carbocycles. The highest BCUT2D eigenvalue weighted by molar-refractivity contribution is 5.47. The second kappa shape index (κ2) is 8.44. The van der Waals surface area contributed by atoms with E-state index in [0.717, 1.165) is 50.1 Å². The average molecular weight is 377 g/mol. The fourth-order valence-corrected chi connectivity index (χ4v) is 3.71. The Morgan fingerprint density at radius 1 is 1.11 bits per heavy atom. The molecule has 2 aromatic heterocycles. The summed E-state index contributed by atoms with van der Waals surface area (Å²) < 4.78 is 0. The van der Waals surface area contributed by atoms with Crippen molar-refractivity contribution in [1.82, 2.24) is 20.2 Å². The number of hydrogen-bond donors (Lipinski definition) is 2. The molecule has 28 heavy (non-hydrogen) atoms. The minimum Gasteiger partial charge on any atom is -0.355 e. The average Bonchev–Trinajstić information content (AvgIpc) is 2.99. The van der Waals surface area contributed by atoms with E-state index >= 15 is 0 Å². The van der Waals surface area contributed by atoms with Gasteiger partial charge in [-0.05, 0) is 61.4 Å². The largest absolute Gasteiger partial charge is 0.355 e. The van der Waals surface area contributed by atoms with E-state index in [9.17, 15) is 0 Å². The van der Waals surface area contributed by atoms with Crippen molar-refractivity contribution in [1.29, 1.82) is 0 Å². The molecule has 0 spiro atoms. The Morgan fingerprint density at radius 3 is 2.89 bits per heavy atom. The Hall–Kier alpha value is -2.86. The van der Waals surface area contributed by atoms with E-state index in [0.29, 0.717) is 0 Å². The molecule has 0 amide bonds. The molecule has 2 aliphatic rings. The first-order valence-electron chi connectivity index (χ1n) is 9.93. The van der Waals surface area contributed by atoms with E-state index in [1.807, 2.05) is 18.5 Å². The molecule has 6 heteroatoms. The van der Waals surface area contributed by atoms with Gasteiger partial charge >= 0.3 is 0 Å². The van der Waals surface area contributed by atoms with Crippen LogP contribution in [0.25, 0.3) is 0 Å². The van der Waals surface area contributed by atoms with Crippen LogP contribution >= 0.6 is 0 Å². The lowest BCUT2D eigenvalue weighted by Gasteiger charge is -2.33. The molecule has 2 N–H and O–H groups in total. The van der Waals surface area contributed by atoms with Crippen molar-refractivity contribution in [3.8, 4) is 0 Å². The van der Waals surface area contributed by atoms with Gasteiger partial charge in [-0.25, -0.2) is 9.97 Å². The fourth-order valence-electron chi connectivity index (χ4n) is 3.71. The zero-order valence-corrected chi connectivity index (χ0v) is 16.6. The summed E-state index contributed by atoms with van der Waals surface area (Å²) in [5, 5.41) is 6.90. The molecule has 1 atom stereocenters. The van der Waals surface area contributed by atoms with E-state index in [4.69, 9.17) is 0 Å². The molecule has 0 saturated carbocycles. The highest BCUT2D eigenvalue weighted by Crippen LogP contribution is 2.29. The maximum Gasteiger partial charge on any atom is 0.131 e. The summed E-state index contributed by atoms with van der Waals surface area (Å²) in [5.41, 5.74) is 2.43. The third-order valence-electron chi connectivity index (χ3n) is 5.29. The van der Waals surface area contributed by atoms with E-state index in [1.54, 1.807) is 0 Å². The predicted octanol–water partition coefficient (Wildman–Crippen LogP) is 3.08. The summed E-state index contributed by atoms with van der Waals surface area (Å²) in [6, 6.07) is 8.55. The lowest BCUT2D eigenvalue weighted by Crippen LogP contribution is -2.30. The summed E-state index contributed by atoms with van der Waals surface area (Å²) in [5.74, 6) is 2.95. The number of likely N-dealkylation sites (N-methyl/N-ethyl adjacent to an activating group) is 1. The number of anilines is 2. The lowest BCUT2D eigenvalue weighted by atomic mass is 10.0. The number of nitrogens with zero attached hydrogens (tertiary/aromatic N) is 4. The second-order valence-electron chi connectivity index (χ2n) is 7.37. The molecule has 4 heterocycles. The number of allylic oxidation sites excluding steroid dienone is 2. The van der Waals surface area contributed by atoms with Crippen molar-refractivity contribution in [2.75, 3.05) is 43.4 Å². The topological polar surface area (TPSA) is 56.3 Å². The van der Waals surface area contributed by atoms with Gasteiger partial charge in [-0.2, -0.15) is 0 Å². The Bertz CT molecular complexity index is 867. The molecule has 2 aromatic rings. The Morgan fingerprint density at radius 2 is 2.00 bits per heavy atom. The minimum atomic E-state index is 0.157. The molecule has 146 valence electrons. The van der Waals surface area contributed by atoms with E-state index in [-0.39, 0.29) is 6.04 Å².